The van der Waals surface area contributed by atoms with Gasteiger partial charge in [0.25, 0.3) is 5.91 Å². The number of carbonyl (C=O) groups is 1. The monoisotopic (exact) mass is 267 g/mol. The first-order chi connectivity index (χ1) is 8.56. The van der Waals surface area contributed by atoms with Gasteiger partial charge >= 0.3 is 4.87 Å². The lowest BCUT2D eigenvalue weighted by Crippen LogP contribution is -2.24. The van der Waals surface area contributed by atoms with Crippen molar-refractivity contribution in [3.63, 3.8) is 0 Å². The highest BCUT2D eigenvalue weighted by Crippen LogP contribution is 2.07. The summed E-state index contributed by atoms with van der Waals surface area (Å²) in [6.07, 6.45) is 0. The van der Waals surface area contributed by atoms with Crippen LogP contribution in [0.15, 0.2) is 10.2 Å². The van der Waals surface area contributed by atoms with Gasteiger partial charge in [0.2, 0.25) is 5.82 Å². The molecule has 18 heavy (non-hydrogen) atoms. The van der Waals surface area contributed by atoms with Crippen LogP contribution in [-0.4, -0.2) is 26.1 Å². The van der Waals surface area contributed by atoms with E-state index in [2.05, 4.69) is 25.5 Å². The molecule has 0 bridgehead atoms. The predicted molar refractivity (Wildman–Crippen MR) is 66.6 cm³/mol. The summed E-state index contributed by atoms with van der Waals surface area (Å²) < 4.78 is 0. The van der Waals surface area contributed by atoms with E-state index in [1.165, 1.54) is 0 Å². The Labute approximate surface area is 107 Å². The third-order valence-electron chi connectivity index (χ3n) is 2.26. The molecule has 0 saturated heterocycles. The average Bonchev–Trinajstić information content (AvgIpc) is 2.94. The normalized spacial score (nSPS) is 10.8. The van der Waals surface area contributed by atoms with E-state index in [0.717, 1.165) is 11.3 Å². The molecule has 2 rings (SSSR count). The number of rotatable bonds is 4. The third-order valence-corrected chi connectivity index (χ3v) is 2.98. The molecule has 96 valence electrons. The van der Waals surface area contributed by atoms with Crippen LogP contribution < -0.4 is 10.2 Å². The number of hydrogen-bond acceptors (Lipinski definition) is 5. The SMILES string of the molecule is CC(C)c1nc(C(=O)NCc2csc(=O)[nH]2)n[nH]1. The zero-order chi connectivity index (χ0) is 13.1. The molecule has 0 radical (unpaired) electrons. The van der Waals surface area contributed by atoms with Crippen LogP contribution in [-0.2, 0) is 6.54 Å². The smallest absolute Gasteiger partial charge is 0.304 e. The number of aromatic amines is 2. The fraction of sp³-hybridized carbons (Fsp3) is 0.400. The number of carbonyl (C=O) groups excluding carboxylic acids is 1. The van der Waals surface area contributed by atoms with Crippen molar-refractivity contribution in [2.75, 3.05) is 0 Å². The van der Waals surface area contributed by atoms with E-state index in [1.807, 2.05) is 13.8 Å². The second-order valence-corrected chi connectivity index (χ2v) is 4.90. The Bertz CT molecular complexity index is 597. The van der Waals surface area contributed by atoms with Gasteiger partial charge in [-0.3, -0.25) is 14.7 Å². The van der Waals surface area contributed by atoms with Gasteiger partial charge in [-0.1, -0.05) is 25.2 Å². The zero-order valence-electron chi connectivity index (χ0n) is 9.98. The molecule has 3 N–H and O–H groups in total. The first kappa shape index (κ1) is 12.5. The molecule has 8 heteroatoms. The van der Waals surface area contributed by atoms with Crippen LogP contribution in [0.2, 0.25) is 0 Å². The highest BCUT2D eigenvalue weighted by molar-refractivity contribution is 7.07. The highest BCUT2D eigenvalue weighted by atomic mass is 32.1. The van der Waals surface area contributed by atoms with Gasteiger partial charge in [0.05, 0.1) is 6.54 Å². The second kappa shape index (κ2) is 5.13. The van der Waals surface area contributed by atoms with Crippen molar-refractivity contribution in [2.45, 2.75) is 26.3 Å². The molecule has 0 aliphatic carbocycles. The van der Waals surface area contributed by atoms with Crippen LogP contribution in [0, 0.1) is 0 Å². The minimum atomic E-state index is -0.370. The van der Waals surface area contributed by atoms with Gasteiger partial charge in [0, 0.05) is 17.0 Å². The molecule has 2 aromatic heterocycles. The molecule has 1 amide bonds. The van der Waals surface area contributed by atoms with Crippen molar-refractivity contribution in [3.05, 3.63) is 32.4 Å². The molecule has 0 spiro atoms. The van der Waals surface area contributed by atoms with Crippen LogP contribution in [0.3, 0.4) is 0 Å². The molecule has 7 nitrogen and oxygen atoms in total. The van der Waals surface area contributed by atoms with Gasteiger partial charge in [0.15, 0.2) is 0 Å². The molecular weight excluding hydrogens is 254 g/mol. The molecule has 0 aliphatic rings. The molecule has 0 fully saturated rings. The first-order valence-corrected chi connectivity index (χ1v) is 6.31. The number of nitrogens with zero attached hydrogens (tertiary/aromatic N) is 2. The van der Waals surface area contributed by atoms with Gasteiger partial charge in [-0.2, -0.15) is 0 Å². The van der Waals surface area contributed by atoms with E-state index in [1.54, 1.807) is 5.38 Å². The molecule has 0 aliphatic heterocycles. The van der Waals surface area contributed by atoms with Gasteiger partial charge in [-0.15, -0.1) is 5.10 Å². The molecular formula is C10H13N5O2S. The lowest BCUT2D eigenvalue weighted by molar-refractivity contribution is 0.0940. The van der Waals surface area contributed by atoms with E-state index in [0.29, 0.717) is 11.5 Å². The van der Waals surface area contributed by atoms with E-state index in [-0.39, 0.29) is 29.1 Å². The largest absolute Gasteiger partial charge is 0.344 e. The second-order valence-electron chi connectivity index (χ2n) is 4.06. The van der Waals surface area contributed by atoms with Crippen LogP contribution in [0.25, 0.3) is 0 Å². The topological polar surface area (TPSA) is 104 Å². The van der Waals surface area contributed by atoms with E-state index < -0.39 is 0 Å². The van der Waals surface area contributed by atoms with Gasteiger partial charge in [-0.25, -0.2) is 4.98 Å². The number of nitrogens with one attached hydrogen (secondary N) is 3. The summed E-state index contributed by atoms with van der Waals surface area (Å²) in [5.41, 5.74) is 0.665. The number of thiazole rings is 1. The van der Waals surface area contributed by atoms with Crippen molar-refractivity contribution in [2.24, 2.45) is 0 Å². The lowest BCUT2D eigenvalue weighted by Gasteiger charge is -1.99. The minimum Gasteiger partial charge on any atom is -0.344 e. The predicted octanol–water partition coefficient (Wildman–Crippen LogP) is 0.608. The fourth-order valence-electron chi connectivity index (χ4n) is 1.29. The van der Waals surface area contributed by atoms with Crippen LogP contribution in [0.4, 0.5) is 0 Å². The molecule has 2 aromatic rings. The average molecular weight is 267 g/mol. The number of aromatic nitrogens is 4. The van der Waals surface area contributed by atoms with Crippen molar-refractivity contribution in [1.82, 2.24) is 25.5 Å². The van der Waals surface area contributed by atoms with Crippen molar-refractivity contribution >= 4 is 17.2 Å². The Balaban J connectivity index is 1.97. The first-order valence-electron chi connectivity index (χ1n) is 5.43. The standard InChI is InChI=1S/C10H13N5O2S/c1-5(2)7-13-8(15-14-7)9(16)11-3-6-4-18-10(17)12-6/h4-5H,3H2,1-2H3,(H,11,16)(H,12,17)(H,13,14,15). The van der Waals surface area contributed by atoms with E-state index >= 15 is 0 Å². The van der Waals surface area contributed by atoms with Crippen molar-refractivity contribution in [3.8, 4) is 0 Å². The van der Waals surface area contributed by atoms with E-state index in [4.69, 9.17) is 0 Å². The Kier molecular flexibility index (Phi) is 3.56. The van der Waals surface area contributed by atoms with Gasteiger partial charge in [-0.05, 0) is 0 Å². The molecule has 2 heterocycles. The zero-order valence-corrected chi connectivity index (χ0v) is 10.8. The van der Waals surface area contributed by atoms with Gasteiger partial charge < -0.3 is 10.3 Å². The third kappa shape index (κ3) is 2.83. The Morgan fingerprint density at radius 1 is 1.56 bits per heavy atom. The van der Waals surface area contributed by atoms with Crippen LogP contribution in [0.5, 0.6) is 0 Å². The molecule has 0 atom stereocenters. The number of hydrogen-bond donors (Lipinski definition) is 3. The van der Waals surface area contributed by atoms with Crippen LogP contribution in [0.1, 0.15) is 41.9 Å². The summed E-state index contributed by atoms with van der Waals surface area (Å²) in [5.74, 6) is 0.595. The molecule has 0 unspecified atom stereocenters. The quantitative estimate of drug-likeness (QED) is 0.755. The summed E-state index contributed by atoms with van der Waals surface area (Å²) >= 11 is 1.06. The Morgan fingerprint density at radius 3 is 2.89 bits per heavy atom. The summed E-state index contributed by atoms with van der Waals surface area (Å²) in [7, 11) is 0. The lowest BCUT2D eigenvalue weighted by atomic mass is 10.2. The fourth-order valence-corrected chi connectivity index (χ4v) is 1.87. The van der Waals surface area contributed by atoms with Crippen molar-refractivity contribution in [1.29, 1.82) is 0 Å². The van der Waals surface area contributed by atoms with Gasteiger partial charge in [0.1, 0.15) is 5.82 Å². The van der Waals surface area contributed by atoms with E-state index in [9.17, 15) is 9.59 Å². The molecule has 0 aromatic carbocycles. The maximum Gasteiger partial charge on any atom is 0.304 e. The summed E-state index contributed by atoms with van der Waals surface area (Å²) in [4.78, 5) is 29.2. The van der Waals surface area contributed by atoms with Crippen LogP contribution >= 0.6 is 11.3 Å². The number of amides is 1. The Morgan fingerprint density at radius 2 is 2.33 bits per heavy atom. The summed E-state index contributed by atoms with van der Waals surface area (Å²) in [5, 5.41) is 10.8. The maximum absolute atomic E-state index is 11.7. The van der Waals surface area contributed by atoms with Crippen molar-refractivity contribution < 1.29 is 4.79 Å². The number of H-pyrrole nitrogens is 2. The highest BCUT2D eigenvalue weighted by Gasteiger charge is 2.13. The Hall–Kier alpha value is -1.96. The maximum atomic E-state index is 11.7. The minimum absolute atomic E-state index is 0.108. The summed E-state index contributed by atoms with van der Waals surface area (Å²) in [6, 6.07) is 0. The summed E-state index contributed by atoms with van der Waals surface area (Å²) in [6.45, 7) is 4.17. The molecule has 0 saturated carbocycles.